The second kappa shape index (κ2) is 9.29. The van der Waals surface area contributed by atoms with Crippen molar-refractivity contribution < 1.29 is 9.47 Å². The van der Waals surface area contributed by atoms with Crippen molar-refractivity contribution in [3.8, 4) is 23.0 Å². The quantitative estimate of drug-likeness (QED) is 0.310. The minimum absolute atomic E-state index is 0.401. The Hall–Kier alpha value is -3.57. The van der Waals surface area contributed by atoms with E-state index < -0.39 is 0 Å². The molecule has 0 spiro atoms. The van der Waals surface area contributed by atoms with E-state index in [2.05, 4.69) is 36.3 Å². The van der Waals surface area contributed by atoms with E-state index in [4.69, 9.17) is 15.0 Å². The van der Waals surface area contributed by atoms with Gasteiger partial charge in [0.05, 0.1) is 4.90 Å². The highest BCUT2D eigenvalue weighted by atomic mass is 32.2. The van der Waals surface area contributed by atoms with Gasteiger partial charge in [-0.25, -0.2) is 5.53 Å². The number of rotatable bonds is 7. The Kier molecular flexibility index (Phi) is 6.11. The number of para-hydroxylation sites is 2. The standard InChI is InChI=1S/C25H20N2O2S/c1-18-12-14-21(15-13-18)30-25-17-23(28-19-8-4-2-5-9-19)22(27-26)16-24(25)29-20-10-6-3-7-11-20/h2-17,26H,1H3. The topological polar surface area (TPSA) is 54.7 Å². The normalized spacial score (nSPS) is 10.4. The van der Waals surface area contributed by atoms with Crippen LogP contribution >= 0.6 is 11.8 Å². The van der Waals surface area contributed by atoms with Crippen molar-refractivity contribution in [2.24, 2.45) is 5.11 Å². The molecule has 4 nitrogen and oxygen atoms in total. The maximum absolute atomic E-state index is 7.62. The smallest absolute Gasteiger partial charge is 0.156 e. The van der Waals surface area contributed by atoms with E-state index in [0.29, 0.717) is 22.9 Å². The molecule has 4 aromatic carbocycles. The largest absolute Gasteiger partial charge is 0.456 e. The number of ether oxygens (including phenoxy) is 2. The van der Waals surface area contributed by atoms with E-state index in [1.54, 1.807) is 17.8 Å². The first kappa shape index (κ1) is 19.7. The summed E-state index contributed by atoms with van der Waals surface area (Å²) in [5.41, 5.74) is 9.23. The van der Waals surface area contributed by atoms with Gasteiger partial charge in [-0.2, -0.15) is 5.11 Å². The van der Waals surface area contributed by atoms with E-state index in [-0.39, 0.29) is 0 Å². The SMILES string of the molecule is Cc1ccc(Sc2cc(Oc3ccccc3)c(N=N)cc2Oc2ccccc2)cc1. The summed E-state index contributed by atoms with van der Waals surface area (Å²) < 4.78 is 12.2. The average Bonchev–Trinajstić information content (AvgIpc) is 2.78. The fourth-order valence-corrected chi connectivity index (χ4v) is 3.72. The predicted molar refractivity (Wildman–Crippen MR) is 120 cm³/mol. The van der Waals surface area contributed by atoms with Crippen LogP contribution in [-0.2, 0) is 0 Å². The first-order chi connectivity index (χ1) is 14.7. The molecule has 5 heteroatoms. The lowest BCUT2D eigenvalue weighted by molar-refractivity contribution is 0.459. The monoisotopic (exact) mass is 412 g/mol. The lowest BCUT2D eigenvalue weighted by atomic mass is 10.2. The molecule has 0 heterocycles. The molecule has 0 aliphatic heterocycles. The van der Waals surface area contributed by atoms with Crippen LogP contribution in [0.2, 0.25) is 0 Å². The zero-order valence-corrected chi connectivity index (χ0v) is 17.2. The number of aryl methyl sites for hydroxylation is 1. The highest BCUT2D eigenvalue weighted by Crippen LogP contribution is 2.45. The molecule has 0 atom stereocenters. The van der Waals surface area contributed by atoms with Gasteiger partial charge >= 0.3 is 0 Å². The van der Waals surface area contributed by atoms with Crippen molar-refractivity contribution in [2.45, 2.75) is 16.7 Å². The molecule has 0 amide bonds. The molecule has 0 bridgehead atoms. The van der Waals surface area contributed by atoms with E-state index in [1.165, 1.54) is 5.56 Å². The van der Waals surface area contributed by atoms with Crippen molar-refractivity contribution in [1.82, 2.24) is 0 Å². The first-order valence-electron chi connectivity index (χ1n) is 9.47. The molecule has 0 aliphatic carbocycles. The average molecular weight is 413 g/mol. The highest BCUT2D eigenvalue weighted by Gasteiger charge is 2.15. The summed E-state index contributed by atoms with van der Waals surface area (Å²) in [6.45, 7) is 2.06. The van der Waals surface area contributed by atoms with Gasteiger partial charge in [0.1, 0.15) is 22.9 Å². The molecule has 0 unspecified atom stereocenters. The highest BCUT2D eigenvalue weighted by molar-refractivity contribution is 7.99. The Morgan fingerprint density at radius 1 is 0.700 bits per heavy atom. The Bertz CT molecular complexity index is 1130. The molecule has 0 saturated heterocycles. The third-order valence-electron chi connectivity index (χ3n) is 4.34. The summed E-state index contributed by atoms with van der Waals surface area (Å²) in [6.07, 6.45) is 0. The molecular weight excluding hydrogens is 392 g/mol. The molecule has 0 fully saturated rings. The zero-order valence-electron chi connectivity index (χ0n) is 16.4. The molecule has 0 saturated carbocycles. The van der Waals surface area contributed by atoms with Gasteiger partial charge in [-0.1, -0.05) is 65.9 Å². The number of hydrogen-bond donors (Lipinski definition) is 1. The third-order valence-corrected chi connectivity index (χ3v) is 5.38. The van der Waals surface area contributed by atoms with Gasteiger partial charge in [0.2, 0.25) is 0 Å². The van der Waals surface area contributed by atoms with Gasteiger partial charge in [0.15, 0.2) is 5.75 Å². The molecule has 1 N–H and O–H groups in total. The molecule has 30 heavy (non-hydrogen) atoms. The second-order valence-corrected chi connectivity index (χ2v) is 7.74. The maximum Gasteiger partial charge on any atom is 0.156 e. The van der Waals surface area contributed by atoms with Crippen LogP contribution in [0.3, 0.4) is 0 Å². The Morgan fingerprint density at radius 3 is 1.83 bits per heavy atom. The molecule has 0 aliphatic rings. The summed E-state index contributed by atoms with van der Waals surface area (Å²) in [4.78, 5) is 1.96. The van der Waals surface area contributed by atoms with Crippen molar-refractivity contribution >= 4 is 17.4 Å². The molecule has 148 valence electrons. The van der Waals surface area contributed by atoms with E-state index in [9.17, 15) is 0 Å². The van der Waals surface area contributed by atoms with E-state index >= 15 is 0 Å². The number of nitrogens with one attached hydrogen (secondary N) is 1. The third kappa shape index (κ3) is 4.88. The first-order valence-corrected chi connectivity index (χ1v) is 10.3. The van der Waals surface area contributed by atoms with Crippen LogP contribution in [0.25, 0.3) is 0 Å². The van der Waals surface area contributed by atoms with Gasteiger partial charge < -0.3 is 9.47 Å². The van der Waals surface area contributed by atoms with Gasteiger partial charge in [-0.3, -0.25) is 0 Å². The zero-order chi connectivity index (χ0) is 20.8. The van der Waals surface area contributed by atoms with Crippen LogP contribution in [0, 0.1) is 12.5 Å². The molecular formula is C25H20N2O2S. The molecule has 4 aromatic rings. The van der Waals surface area contributed by atoms with Crippen molar-refractivity contribution in [2.75, 3.05) is 0 Å². The fourth-order valence-electron chi connectivity index (χ4n) is 2.82. The van der Waals surface area contributed by atoms with Crippen molar-refractivity contribution in [3.05, 3.63) is 103 Å². The van der Waals surface area contributed by atoms with Crippen LogP contribution < -0.4 is 9.47 Å². The number of benzene rings is 4. The van der Waals surface area contributed by atoms with Crippen molar-refractivity contribution in [1.29, 1.82) is 5.53 Å². The molecule has 4 rings (SSSR count). The van der Waals surface area contributed by atoms with Crippen LogP contribution in [0.15, 0.2) is 112 Å². The van der Waals surface area contributed by atoms with Gasteiger partial charge in [-0.05, 0) is 43.3 Å². The van der Waals surface area contributed by atoms with Crippen LogP contribution in [0.1, 0.15) is 5.56 Å². The van der Waals surface area contributed by atoms with Crippen LogP contribution in [0.5, 0.6) is 23.0 Å². The van der Waals surface area contributed by atoms with E-state index in [1.807, 2.05) is 66.7 Å². The minimum Gasteiger partial charge on any atom is -0.456 e. The van der Waals surface area contributed by atoms with Crippen LogP contribution in [-0.4, -0.2) is 0 Å². The summed E-state index contributed by atoms with van der Waals surface area (Å²) in [5, 5.41) is 3.66. The van der Waals surface area contributed by atoms with Crippen LogP contribution in [0.4, 0.5) is 5.69 Å². The number of nitrogens with zero attached hydrogens (tertiary/aromatic N) is 1. The van der Waals surface area contributed by atoms with E-state index in [0.717, 1.165) is 15.5 Å². The molecule has 0 radical (unpaired) electrons. The number of hydrogen-bond acceptors (Lipinski definition) is 5. The summed E-state index contributed by atoms with van der Waals surface area (Å²) >= 11 is 1.58. The Morgan fingerprint density at radius 2 is 1.27 bits per heavy atom. The minimum atomic E-state index is 0.401. The maximum atomic E-state index is 7.62. The van der Waals surface area contributed by atoms with Gasteiger partial charge in [-0.15, -0.1) is 0 Å². The molecule has 0 aromatic heterocycles. The lowest BCUT2D eigenvalue weighted by Crippen LogP contribution is -1.91. The summed E-state index contributed by atoms with van der Waals surface area (Å²) in [6, 6.07) is 31.0. The predicted octanol–water partition coefficient (Wildman–Crippen LogP) is 8.39. The fraction of sp³-hybridized carbons (Fsp3) is 0.0400. The van der Waals surface area contributed by atoms with Gasteiger partial charge in [0, 0.05) is 17.0 Å². The Labute approximate surface area is 180 Å². The van der Waals surface area contributed by atoms with Crippen molar-refractivity contribution in [3.63, 3.8) is 0 Å². The summed E-state index contributed by atoms with van der Waals surface area (Å²) in [7, 11) is 0. The van der Waals surface area contributed by atoms with Gasteiger partial charge in [0.25, 0.3) is 0 Å². The lowest BCUT2D eigenvalue weighted by Gasteiger charge is -2.15. The Balaban J connectivity index is 1.74. The summed E-state index contributed by atoms with van der Waals surface area (Å²) in [5.74, 6) is 2.53. The second-order valence-electron chi connectivity index (χ2n) is 6.62.